The Bertz CT molecular complexity index is 418. The van der Waals surface area contributed by atoms with Crippen molar-refractivity contribution >= 4 is 6.09 Å². The maximum atomic E-state index is 12.4. The Hall–Kier alpha value is -1.72. The molecule has 0 saturated carbocycles. The van der Waals surface area contributed by atoms with Crippen molar-refractivity contribution in [2.75, 3.05) is 13.1 Å². The van der Waals surface area contributed by atoms with E-state index in [2.05, 4.69) is 0 Å². The van der Waals surface area contributed by atoms with E-state index in [9.17, 15) is 18.0 Å². The van der Waals surface area contributed by atoms with Crippen LogP contribution in [-0.4, -0.2) is 30.3 Å². The minimum atomic E-state index is -4.43. The highest BCUT2D eigenvalue weighted by Gasteiger charge is 2.33. The van der Waals surface area contributed by atoms with E-state index in [0.717, 1.165) is 5.56 Å². The van der Waals surface area contributed by atoms with Crippen molar-refractivity contribution < 1.29 is 22.7 Å². The Kier molecular flexibility index (Phi) is 5.85. The van der Waals surface area contributed by atoms with Gasteiger partial charge >= 0.3 is 12.3 Å². The summed E-state index contributed by atoms with van der Waals surface area (Å²) in [5.74, 6) is -0.0679. The van der Waals surface area contributed by atoms with E-state index in [0.29, 0.717) is 4.90 Å². The number of nitrogens with zero attached hydrogens (tertiary/aromatic N) is 1. The summed E-state index contributed by atoms with van der Waals surface area (Å²) >= 11 is 0. The van der Waals surface area contributed by atoms with Crippen molar-refractivity contribution in [1.29, 1.82) is 0 Å². The lowest BCUT2D eigenvalue weighted by atomic mass is 10.2. The minimum Gasteiger partial charge on any atom is -0.445 e. The number of hydrogen-bond acceptors (Lipinski definition) is 2. The quantitative estimate of drug-likeness (QED) is 0.824. The van der Waals surface area contributed by atoms with Crippen molar-refractivity contribution in [2.45, 2.75) is 26.6 Å². The molecule has 3 nitrogen and oxygen atoms in total. The molecule has 0 atom stereocenters. The predicted octanol–water partition coefficient (Wildman–Crippen LogP) is 3.84. The second-order valence-electron chi connectivity index (χ2n) is 4.93. The van der Waals surface area contributed by atoms with Gasteiger partial charge in [-0.05, 0) is 11.5 Å². The summed E-state index contributed by atoms with van der Waals surface area (Å²) in [5, 5.41) is 0. The van der Waals surface area contributed by atoms with Crippen LogP contribution in [0.2, 0.25) is 0 Å². The molecule has 0 radical (unpaired) electrons. The van der Waals surface area contributed by atoms with Gasteiger partial charge in [0.15, 0.2) is 0 Å². The molecule has 0 aromatic heterocycles. The zero-order chi connectivity index (χ0) is 15.2. The number of carbonyl (C=O) groups excluding carboxylic acids is 1. The van der Waals surface area contributed by atoms with Gasteiger partial charge in [0.1, 0.15) is 13.2 Å². The molecule has 0 N–H and O–H groups in total. The van der Waals surface area contributed by atoms with Gasteiger partial charge in [0.25, 0.3) is 0 Å². The van der Waals surface area contributed by atoms with Gasteiger partial charge in [0, 0.05) is 6.54 Å². The van der Waals surface area contributed by atoms with E-state index in [1.54, 1.807) is 44.2 Å². The Balaban J connectivity index is 2.58. The summed E-state index contributed by atoms with van der Waals surface area (Å²) in [7, 11) is 0. The summed E-state index contributed by atoms with van der Waals surface area (Å²) in [6.45, 7) is 2.17. The van der Waals surface area contributed by atoms with Crippen molar-refractivity contribution in [3.63, 3.8) is 0 Å². The van der Waals surface area contributed by atoms with Gasteiger partial charge in [-0.15, -0.1) is 0 Å². The molecule has 0 spiro atoms. The molecular weight excluding hydrogens is 271 g/mol. The minimum absolute atomic E-state index is 0.00708. The molecule has 1 amide bonds. The number of amides is 1. The zero-order valence-corrected chi connectivity index (χ0v) is 11.5. The molecule has 1 aromatic carbocycles. The van der Waals surface area contributed by atoms with Gasteiger partial charge in [-0.3, -0.25) is 4.90 Å². The Morgan fingerprint density at radius 3 is 2.35 bits per heavy atom. The molecule has 112 valence electrons. The molecule has 20 heavy (non-hydrogen) atoms. The van der Waals surface area contributed by atoms with Crippen LogP contribution in [0.25, 0.3) is 0 Å². The van der Waals surface area contributed by atoms with E-state index < -0.39 is 18.8 Å². The third kappa shape index (κ3) is 6.45. The first-order valence-corrected chi connectivity index (χ1v) is 6.30. The molecule has 0 aliphatic heterocycles. The maximum absolute atomic E-state index is 12.4. The summed E-state index contributed by atoms with van der Waals surface area (Å²) in [6, 6.07) is 8.82. The molecule has 0 aliphatic rings. The van der Waals surface area contributed by atoms with E-state index in [4.69, 9.17) is 4.74 Å². The highest BCUT2D eigenvalue weighted by molar-refractivity contribution is 5.67. The van der Waals surface area contributed by atoms with Crippen LogP contribution in [0.15, 0.2) is 30.3 Å². The van der Waals surface area contributed by atoms with Crippen LogP contribution < -0.4 is 0 Å². The highest BCUT2D eigenvalue weighted by Crippen LogP contribution is 2.18. The number of alkyl halides is 3. The average Bonchev–Trinajstić information content (AvgIpc) is 2.34. The van der Waals surface area contributed by atoms with Crippen LogP contribution in [0.4, 0.5) is 18.0 Å². The first kappa shape index (κ1) is 16.3. The second-order valence-corrected chi connectivity index (χ2v) is 4.93. The summed E-state index contributed by atoms with van der Waals surface area (Å²) in [5.41, 5.74) is 0.734. The fourth-order valence-electron chi connectivity index (χ4n) is 1.67. The van der Waals surface area contributed by atoms with E-state index >= 15 is 0 Å². The lowest BCUT2D eigenvalue weighted by Crippen LogP contribution is -2.41. The monoisotopic (exact) mass is 289 g/mol. The Morgan fingerprint density at radius 2 is 1.85 bits per heavy atom. The molecular formula is C14H18F3NO2. The SMILES string of the molecule is CC(C)CN(CC(F)(F)F)C(=O)OCc1ccccc1. The molecule has 0 aliphatic carbocycles. The predicted molar refractivity (Wildman–Crippen MR) is 69.1 cm³/mol. The van der Waals surface area contributed by atoms with Crippen LogP contribution in [0, 0.1) is 5.92 Å². The number of carbonyl (C=O) groups is 1. The third-order valence-electron chi connectivity index (χ3n) is 2.42. The fraction of sp³-hybridized carbons (Fsp3) is 0.500. The van der Waals surface area contributed by atoms with E-state index in [-0.39, 0.29) is 19.1 Å². The third-order valence-corrected chi connectivity index (χ3v) is 2.42. The smallest absolute Gasteiger partial charge is 0.410 e. The van der Waals surface area contributed by atoms with Crippen LogP contribution in [0.5, 0.6) is 0 Å². The molecule has 0 saturated heterocycles. The molecule has 0 bridgehead atoms. The lowest BCUT2D eigenvalue weighted by molar-refractivity contribution is -0.143. The summed E-state index contributed by atoms with van der Waals surface area (Å²) in [4.78, 5) is 12.4. The maximum Gasteiger partial charge on any atom is 0.410 e. The molecule has 0 fully saturated rings. The fourth-order valence-corrected chi connectivity index (χ4v) is 1.67. The lowest BCUT2D eigenvalue weighted by Gasteiger charge is -2.24. The number of hydrogen-bond donors (Lipinski definition) is 0. The Morgan fingerprint density at radius 1 is 1.25 bits per heavy atom. The number of halogens is 3. The number of rotatable bonds is 5. The van der Waals surface area contributed by atoms with Crippen molar-refractivity contribution in [3.05, 3.63) is 35.9 Å². The summed E-state index contributed by atoms with van der Waals surface area (Å²) < 4.78 is 42.2. The van der Waals surface area contributed by atoms with Crippen molar-refractivity contribution in [3.8, 4) is 0 Å². The van der Waals surface area contributed by atoms with Crippen LogP contribution in [-0.2, 0) is 11.3 Å². The normalized spacial score (nSPS) is 11.5. The molecule has 0 heterocycles. The largest absolute Gasteiger partial charge is 0.445 e. The average molecular weight is 289 g/mol. The van der Waals surface area contributed by atoms with Gasteiger partial charge in [-0.2, -0.15) is 13.2 Å². The highest BCUT2D eigenvalue weighted by atomic mass is 19.4. The first-order valence-electron chi connectivity index (χ1n) is 6.30. The van der Waals surface area contributed by atoms with Gasteiger partial charge in [0.2, 0.25) is 0 Å². The van der Waals surface area contributed by atoms with Gasteiger partial charge in [-0.25, -0.2) is 4.79 Å². The second kappa shape index (κ2) is 7.17. The van der Waals surface area contributed by atoms with Crippen LogP contribution in [0.3, 0.4) is 0 Å². The van der Waals surface area contributed by atoms with Gasteiger partial charge in [0.05, 0.1) is 0 Å². The van der Waals surface area contributed by atoms with Crippen molar-refractivity contribution in [2.24, 2.45) is 5.92 Å². The van der Waals surface area contributed by atoms with Gasteiger partial charge < -0.3 is 4.74 Å². The number of benzene rings is 1. The topological polar surface area (TPSA) is 29.5 Å². The Labute approximate surface area is 116 Å². The van der Waals surface area contributed by atoms with Gasteiger partial charge in [-0.1, -0.05) is 44.2 Å². The van der Waals surface area contributed by atoms with Crippen molar-refractivity contribution in [1.82, 2.24) is 4.90 Å². The van der Waals surface area contributed by atoms with Crippen LogP contribution >= 0.6 is 0 Å². The van der Waals surface area contributed by atoms with E-state index in [1.165, 1.54) is 0 Å². The number of ether oxygens (including phenoxy) is 1. The molecule has 1 aromatic rings. The summed E-state index contributed by atoms with van der Waals surface area (Å²) in [6.07, 6.45) is -5.37. The molecule has 6 heteroatoms. The molecule has 1 rings (SSSR count). The molecule has 0 unspecified atom stereocenters. The first-order chi connectivity index (χ1) is 9.28. The van der Waals surface area contributed by atoms with Crippen LogP contribution in [0.1, 0.15) is 19.4 Å². The van der Waals surface area contributed by atoms with E-state index in [1.807, 2.05) is 0 Å². The standard InChI is InChI=1S/C14H18F3NO2/c1-11(2)8-18(10-14(15,16)17)13(19)20-9-12-6-4-3-5-7-12/h3-7,11H,8-10H2,1-2H3. The zero-order valence-electron chi connectivity index (χ0n) is 11.5.